The van der Waals surface area contributed by atoms with Crippen LogP contribution < -0.4 is 5.56 Å². The van der Waals surface area contributed by atoms with Crippen molar-refractivity contribution < 1.29 is 22.0 Å². The molecule has 32 heavy (non-hydrogen) atoms. The molecule has 0 aliphatic rings. The summed E-state index contributed by atoms with van der Waals surface area (Å²) in [5.74, 6) is -10.0. The average molecular weight is 468 g/mol. The molecule has 4 aromatic rings. The number of aromatic nitrogens is 4. The van der Waals surface area contributed by atoms with Gasteiger partial charge in [-0.05, 0) is 24.5 Å². The van der Waals surface area contributed by atoms with Gasteiger partial charge in [-0.1, -0.05) is 37.7 Å². The summed E-state index contributed by atoms with van der Waals surface area (Å²) >= 11 is 0.753. The zero-order valence-electron chi connectivity index (χ0n) is 17.0. The number of fused-ring (bicyclic) bond motifs is 3. The molecular formula is C21H17F5N4OS. The molecule has 0 N–H and O–H groups in total. The van der Waals surface area contributed by atoms with E-state index in [0.717, 1.165) is 11.8 Å². The van der Waals surface area contributed by atoms with E-state index in [1.165, 1.54) is 4.57 Å². The van der Waals surface area contributed by atoms with Crippen molar-refractivity contribution in [2.24, 2.45) is 5.92 Å². The molecular weight excluding hydrogens is 451 g/mol. The molecule has 5 nitrogen and oxygen atoms in total. The molecule has 2 heterocycles. The third-order valence-electron chi connectivity index (χ3n) is 5.05. The van der Waals surface area contributed by atoms with E-state index in [-0.39, 0.29) is 16.5 Å². The zero-order valence-corrected chi connectivity index (χ0v) is 17.8. The van der Waals surface area contributed by atoms with Crippen LogP contribution in [-0.2, 0) is 12.3 Å². The number of thioether (sulfide) groups is 1. The Morgan fingerprint density at radius 3 is 2.22 bits per heavy atom. The normalized spacial score (nSPS) is 11.9. The first kappa shape index (κ1) is 22.3. The Kier molecular flexibility index (Phi) is 5.93. The highest BCUT2D eigenvalue weighted by molar-refractivity contribution is 7.98. The number of halogens is 5. The first-order valence-electron chi connectivity index (χ1n) is 9.72. The van der Waals surface area contributed by atoms with E-state index in [0.29, 0.717) is 29.8 Å². The van der Waals surface area contributed by atoms with Crippen LogP contribution in [0.2, 0.25) is 0 Å². The van der Waals surface area contributed by atoms with E-state index in [4.69, 9.17) is 0 Å². The van der Waals surface area contributed by atoms with E-state index in [1.807, 2.05) is 13.8 Å². The smallest absolute Gasteiger partial charge is 0.262 e. The fourth-order valence-corrected chi connectivity index (χ4v) is 4.26. The molecule has 0 atom stereocenters. The van der Waals surface area contributed by atoms with Crippen LogP contribution in [0.15, 0.2) is 34.2 Å². The monoisotopic (exact) mass is 468 g/mol. The maximum atomic E-state index is 14.1. The minimum atomic E-state index is -2.21. The second kappa shape index (κ2) is 8.53. The summed E-state index contributed by atoms with van der Waals surface area (Å²) in [4.78, 5) is 13.0. The van der Waals surface area contributed by atoms with Gasteiger partial charge in [0.2, 0.25) is 11.6 Å². The minimum Gasteiger partial charge on any atom is -0.276 e. The molecule has 0 bridgehead atoms. The van der Waals surface area contributed by atoms with Gasteiger partial charge in [0.25, 0.3) is 5.56 Å². The van der Waals surface area contributed by atoms with Crippen LogP contribution in [0.25, 0.3) is 16.7 Å². The van der Waals surface area contributed by atoms with Crippen molar-refractivity contribution in [3.05, 3.63) is 69.3 Å². The molecule has 0 aliphatic carbocycles. The lowest BCUT2D eigenvalue weighted by Crippen LogP contribution is -2.24. The zero-order chi connectivity index (χ0) is 23.2. The van der Waals surface area contributed by atoms with Gasteiger partial charge >= 0.3 is 0 Å². The summed E-state index contributed by atoms with van der Waals surface area (Å²) in [6, 6.07) is 6.72. The van der Waals surface area contributed by atoms with Crippen LogP contribution in [0.1, 0.15) is 25.8 Å². The molecule has 0 saturated heterocycles. The van der Waals surface area contributed by atoms with Crippen molar-refractivity contribution in [1.82, 2.24) is 19.2 Å². The lowest BCUT2D eigenvalue weighted by Gasteiger charge is -2.12. The highest BCUT2D eigenvalue weighted by Crippen LogP contribution is 2.30. The van der Waals surface area contributed by atoms with Crippen LogP contribution >= 0.6 is 11.8 Å². The molecule has 0 fully saturated rings. The first-order chi connectivity index (χ1) is 15.2. The molecule has 0 radical (unpaired) electrons. The van der Waals surface area contributed by atoms with Crippen LogP contribution in [-0.4, -0.2) is 19.2 Å². The van der Waals surface area contributed by atoms with Gasteiger partial charge in [-0.2, -0.15) is 0 Å². The van der Waals surface area contributed by atoms with Crippen molar-refractivity contribution in [3.8, 4) is 0 Å². The molecule has 0 amide bonds. The molecule has 2 aromatic heterocycles. The highest BCUT2D eigenvalue weighted by Gasteiger charge is 2.26. The Bertz CT molecular complexity index is 1370. The quantitative estimate of drug-likeness (QED) is 0.171. The van der Waals surface area contributed by atoms with Gasteiger partial charge < -0.3 is 0 Å². The number of rotatable bonds is 6. The van der Waals surface area contributed by atoms with Crippen molar-refractivity contribution in [2.75, 3.05) is 0 Å². The Hall–Kier alpha value is -2.95. The molecule has 0 spiro atoms. The molecule has 0 saturated carbocycles. The topological polar surface area (TPSA) is 52.2 Å². The summed E-state index contributed by atoms with van der Waals surface area (Å²) in [5.41, 5.74) is -0.740. The van der Waals surface area contributed by atoms with E-state index in [9.17, 15) is 26.7 Å². The second-order valence-corrected chi connectivity index (χ2v) is 8.55. The second-order valence-electron chi connectivity index (χ2n) is 7.61. The summed E-state index contributed by atoms with van der Waals surface area (Å²) in [5, 5.41) is 8.64. The SMILES string of the molecule is CC(C)CCn1c(=O)c2ccccc2n2c(SCc3c(F)c(F)c(F)c(F)c3F)nnc12. The summed E-state index contributed by atoms with van der Waals surface area (Å²) < 4.78 is 71.5. The predicted octanol–water partition coefficient (Wildman–Crippen LogP) is 5.08. The van der Waals surface area contributed by atoms with Gasteiger partial charge in [0.05, 0.1) is 10.9 Å². The van der Waals surface area contributed by atoms with Crippen LogP contribution in [0.3, 0.4) is 0 Å². The van der Waals surface area contributed by atoms with Crippen molar-refractivity contribution in [2.45, 2.75) is 37.7 Å². The maximum Gasteiger partial charge on any atom is 0.262 e. The predicted molar refractivity (Wildman–Crippen MR) is 110 cm³/mol. The Balaban J connectivity index is 1.83. The van der Waals surface area contributed by atoms with Gasteiger partial charge in [0.1, 0.15) is 0 Å². The number of aryl methyl sites for hydroxylation is 1. The number of hydrogen-bond donors (Lipinski definition) is 0. The van der Waals surface area contributed by atoms with E-state index >= 15 is 0 Å². The molecule has 11 heteroatoms. The summed E-state index contributed by atoms with van der Waals surface area (Å²) in [6.07, 6.45) is 0.702. The van der Waals surface area contributed by atoms with Gasteiger partial charge in [0.15, 0.2) is 28.4 Å². The first-order valence-corrected chi connectivity index (χ1v) is 10.7. The number of nitrogens with zero attached hydrogens (tertiary/aromatic N) is 4. The van der Waals surface area contributed by atoms with E-state index < -0.39 is 40.4 Å². The lowest BCUT2D eigenvalue weighted by atomic mass is 10.1. The number of benzene rings is 2. The maximum absolute atomic E-state index is 14.1. The van der Waals surface area contributed by atoms with Crippen LogP contribution in [0.5, 0.6) is 0 Å². The average Bonchev–Trinajstić information content (AvgIpc) is 3.20. The van der Waals surface area contributed by atoms with Gasteiger partial charge in [-0.25, -0.2) is 22.0 Å². The fraction of sp³-hybridized carbons (Fsp3) is 0.286. The summed E-state index contributed by atoms with van der Waals surface area (Å²) in [6.45, 7) is 4.40. The molecule has 0 unspecified atom stereocenters. The standard InChI is InChI=1S/C21H17F5N4OS/c1-10(2)7-8-29-19(31)11-5-3-4-6-13(11)30-20(29)27-28-21(30)32-9-12-14(22)16(24)18(26)17(25)15(12)23/h3-6,10H,7-9H2,1-2H3. The third kappa shape index (κ3) is 3.64. The Morgan fingerprint density at radius 1 is 0.938 bits per heavy atom. The number of hydrogen-bond acceptors (Lipinski definition) is 4. The minimum absolute atomic E-state index is 0.151. The van der Waals surface area contributed by atoms with E-state index in [2.05, 4.69) is 10.2 Å². The Labute approximate surface area is 182 Å². The van der Waals surface area contributed by atoms with Crippen molar-refractivity contribution >= 4 is 28.4 Å². The number of para-hydroxylation sites is 1. The van der Waals surface area contributed by atoms with Crippen molar-refractivity contribution in [3.63, 3.8) is 0 Å². The third-order valence-corrected chi connectivity index (χ3v) is 6.01. The highest BCUT2D eigenvalue weighted by atomic mass is 32.2. The van der Waals surface area contributed by atoms with Gasteiger partial charge in [-0.15, -0.1) is 10.2 Å². The molecule has 2 aromatic carbocycles. The fourth-order valence-electron chi connectivity index (χ4n) is 3.33. The van der Waals surface area contributed by atoms with Crippen LogP contribution in [0, 0.1) is 35.0 Å². The molecule has 168 valence electrons. The molecule has 4 rings (SSSR count). The lowest BCUT2D eigenvalue weighted by molar-refractivity contribution is 0.372. The molecule has 0 aliphatic heterocycles. The Morgan fingerprint density at radius 2 is 1.56 bits per heavy atom. The van der Waals surface area contributed by atoms with Gasteiger partial charge in [-0.3, -0.25) is 13.8 Å². The van der Waals surface area contributed by atoms with E-state index in [1.54, 1.807) is 28.7 Å². The largest absolute Gasteiger partial charge is 0.276 e. The van der Waals surface area contributed by atoms with Crippen LogP contribution in [0.4, 0.5) is 22.0 Å². The van der Waals surface area contributed by atoms with Crippen molar-refractivity contribution in [1.29, 1.82) is 0 Å². The summed E-state index contributed by atoms with van der Waals surface area (Å²) in [7, 11) is 0. The van der Waals surface area contributed by atoms with Gasteiger partial charge in [0, 0.05) is 17.9 Å².